The molecule has 2 aliphatic rings. The maximum absolute atomic E-state index is 12.4. The van der Waals surface area contributed by atoms with Gasteiger partial charge >= 0.3 is 0 Å². The molecule has 1 aromatic heterocycles. The van der Waals surface area contributed by atoms with Gasteiger partial charge in [-0.3, -0.25) is 14.5 Å². The molecule has 1 saturated heterocycles. The zero-order valence-corrected chi connectivity index (χ0v) is 14.9. The Labute approximate surface area is 146 Å². The van der Waals surface area contributed by atoms with E-state index in [0.29, 0.717) is 24.6 Å². The Morgan fingerprint density at radius 3 is 2.92 bits per heavy atom. The molecule has 3 N–H and O–H groups in total. The number of aliphatic hydroxyl groups excluding tert-OH is 1. The van der Waals surface area contributed by atoms with Gasteiger partial charge in [0.1, 0.15) is 0 Å². The van der Waals surface area contributed by atoms with Crippen molar-refractivity contribution in [3.05, 3.63) is 21.9 Å². The average molecular weight is 351 g/mol. The number of aliphatic hydroxyl groups is 1. The summed E-state index contributed by atoms with van der Waals surface area (Å²) < 4.78 is 0. The van der Waals surface area contributed by atoms with E-state index in [9.17, 15) is 14.7 Å². The molecular formula is C17H25N3O3S. The Hall–Kier alpha value is -1.44. The van der Waals surface area contributed by atoms with E-state index >= 15 is 0 Å². The van der Waals surface area contributed by atoms with Crippen LogP contribution < -0.4 is 10.6 Å². The van der Waals surface area contributed by atoms with Gasteiger partial charge in [-0.2, -0.15) is 0 Å². The van der Waals surface area contributed by atoms with Crippen molar-refractivity contribution in [1.82, 2.24) is 15.5 Å². The van der Waals surface area contributed by atoms with Crippen LogP contribution in [0, 0.1) is 0 Å². The standard InChI is InChI=1S/C17H25N3O3S/c1-10(2)14-7-11(9-24-14)17(23)19-12-3-4-13(16(12)22)20-6-5-18-15(21)8-20/h7,9-10,12-13,16,22H,3-6,8H2,1-2H3,(H,18,21)(H,19,23)/t12-,13-,16-/m1/s1. The topological polar surface area (TPSA) is 81.7 Å². The molecule has 0 radical (unpaired) electrons. The number of piperazine rings is 1. The van der Waals surface area contributed by atoms with Crippen molar-refractivity contribution in [2.75, 3.05) is 19.6 Å². The van der Waals surface area contributed by atoms with Crippen molar-refractivity contribution in [2.24, 2.45) is 0 Å². The monoisotopic (exact) mass is 351 g/mol. The van der Waals surface area contributed by atoms with E-state index in [1.807, 2.05) is 16.3 Å². The molecule has 0 unspecified atom stereocenters. The van der Waals surface area contributed by atoms with E-state index < -0.39 is 6.10 Å². The van der Waals surface area contributed by atoms with E-state index in [1.54, 1.807) is 11.3 Å². The second-order valence-corrected chi connectivity index (χ2v) is 7.87. The highest BCUT2D eigenvalue weighted by atomic mass is 32.1. The van der Waals surface area contributed by atoms with E-state index in [1.165, 1.54) is 4.88 Å². The van der Waals surface area contributed by atoms with Gasteiger partial charge in [0.15, 0.2) is 0 Å². The van der Waals surface area contributed by atoms with Crippen molar-refractivity contribution in [2.45, 2.75) is 50.8 Å². The molecule has 7 heteroatoms. The van der Waals surface area contributed by atoms with Crippen molar-refractivity contribution in [1.29, 1.82) is 0 Å². The summed E-state index contributed by atoms with van der Waals surface area (Å²) in [6, 6.07) is 1.61. The Morgan fingerprint density at radius 1 is 1.46 bits per heavy atom. The molecule has 2 heterocycles. The molecule has 3 atom stereocenters. The van der Waals surface area contributed by atoms with Gasteiger partial charge in [-0.05, 0) is 24.8 Å². The van der Waals surface area contributed by atoms with Crippen LogP contribution in [0.4, 0.5) is 0 Å². The summed E-state index contributed by atoms with van der Waals surface area (Å²) in [5, 5.41) is 18.2. The quantitative estimate of drug-likeness (QED) is 0.754. The number of nitrogens with zero attached hydrogens (tertiary/aromatic N) is 1. The highest BCUT2D eigenvalue weighted by molar-refractivity contribution is 7.10. The van der Waals surface area contributed by atoms with Gasteiger partial charge in [-0.1, -0.05) is 13.8 Å². The first-order valence-corrected chi connectivity index (χ1v) is 9.41. The lowest BCUT2D eigenvalue weighted by Gasteiger charge is -2.34. The molecule has 6 nitrogen and oxygen atoms in total. The number of thiophene rings is 1. The highest BCUT2D eigenvalue weighted by Crippen LogP contribution is 2.27. The number of rotatable bonds is 4. The molecule has 0 spiro atoms. The summed E-state index contributed by atoms with van der Waals surface area (Å²) in [4.78, 5) is 27.2. The summed E-state index contributed by atoms with van der Waals surface area (Å²) in [6.45, 7) is 5.90. The number of carbonyl (C=O) groups excluding carboxylic acids is 2. The number of amides is 2. The number of carbonyl (C=O) groups is 2. The van der Waals surface area contributed by atoms with Crippen LogP contribution in [0.1, 0.15) is 47.8 Å². The van der Waals surface area contributed by atoms with Crippen molar-refractivity contribution in [3.63, 3.8) is 0 Å². The Bertz CT molecular complexity index is 616. The third-order valence-corrected chi connectivity index (χ3v) is 6.12. The second-order valence-electron chi connectivity index (χ2n) is 6.93. The minimum Gasteiger partial charge on any atom is -0.389 e. The maximum Gasteiger partial charge on any atom is 0.252 e. The first-order valence-electron chi connectivity index (χ1n) is 8.54. The normalized spacial score (nSPS) is 28.2. The van der Waals surface area contributed by atoms with Crippen LogP contribution in [-0.4, -0.2) is 59.6 Å². The van der Waals surface area contributed by atoms with Gasteiger partial charge in [0, 0.05) is 29.4 Å². The van der Waals surface area contributed by atoms with E-state index in [-0.39, 0.29) is 23.9 Å². The number of hydrogen-bond acceptors (Lipinski definition) is 5. The van der Waals surface area contributed by atoms with Crippen LogP contribution in [0.3, 0.4) is 0 Å². The molecule has 3 rings (SSSR count). The zero-order valence-electron chi connectivity index (χ0n) is 14.1. The fraction of sp³-hybridized carbons (Fsp3) is 0.647. The van der Waals surface area contributed by atoms with E-state index in [0.717, 1.165) is 19.4 Å². The largest absolute Gasteiger partial charge is 0.389 e. The Morgan fingerprint density at radius 2 is 2.25 bits per heavy atom. The molecule has 1 aromatic rings. The van der Waals surface area contributed by atoms with Crippen molar-refractivity contribution < 1.29 is 14.7 Å². The maximum atomic E-state index is 12.4. The predicted octanol–water partition coefficient (Wildman–Crippen LogP) is 0.925. The van der Waals surface area contributed by atoms with Crippen LogP contribution >= 0.6 is 11.3 Å². The van der Waals surface area contributed by atoms with Gasteiger partial charge in [-0.25, -0.2) is 0 Å². The lowest BCUT2D eigenvalue weighted by atomic mass is 10.1. The first-order chi connectivity index (χ1) is 11.5. The SMILES string of the molecule is CC(C)c1cc(C(=O)N[C@@H]2CC[C@@H](N3CCNC(=O)C3)[C@@H]2O)cs1. The summed E-state index contributed by atoms with van der Waals surface area (Å²) >= 11 is 1.59. The van der Waals surface area contributed by atoms with Crippen LogP contribution in [0.25, 0.3) is 0 Å². The van der Waals surface area contributed by atoms with Gasteiger partial charge in [-0.15, -0.1) is 11.3 Å². The Balaban J connectivity index is 1.59. The van der Waals surface area contributed by atoms with Crippen LogP contribution in [-0.2, 0) is 4.79 Å². The Kier molecular flexibility index (Phi) is 5.22. The fourth-order valence-corrected chi connectivity index (χ4v) is 4.39. The third-order valence-electron chi connectivity index (χ3n) is 4.88. The molecule has 0 aromatic carbocycles. The minimum absolute atomic E-state index is 0.000392. The average Bonchev–Trinajstić information content (AvgIpc) is 3.15. The van der Waals surface area contributed by atoms with Crippen molar-refractivity contribution in [3.8, 4) is 0 Å². The number of hydrogen-bond donors (Lipinski definition) is 3. The molecule has 24 heavy (non-hydrogen) atoms. The molecule has 1 aliphatic carbocycles. The third kappa shape index (κ3) is 3.63. The smallest absolute Gasteiger partial charge is 0.252 e. The fourth-order valence-electron chi connectivity index (χ4n) is 3.48. The zero-order chi connectivity index (χ0) is 17.3. The van der Waals surface area contributed by atoms with Crippen LogP contribution in [0.5, 0.6) is 0 Å². The number of nitrogens with one attached hydrogen (secondary N) is 2. The summed E-state index contributed by atoms with van der Waals surface area (Å²) in [6.07, 6.45) is 0.889. The molecule has 2 amide bonds. The van der Waals surface area contributed by atoms with Crippen molar-refractivity contribution >= 4 is 23.2 Å². The second kappa shape index (κ2) is 7.21. The highest BCUT2D eigenvalue weighted by Gasteiger charge is 2.40. The molecule has 0 bridgehead atoms. The van der Waals surface area contributed by atoms with Gasteiger partial charge in [0.05, 0.1) is 24.3 Å². The summed E-state index contributed by atoms with van der Waals surface area (Å²) in [5.41, 5.74) is 0.664. The predicted molar refractivity (Wildman–Crippen MR) is 93.3 cm³/mol. The van der Waals surface area contributed by atoms with Crippen LogP contribution in [0.2, 0.25) is 0 Å². The molecule has 1 aliphatic heterocycles. The minimum atomic E-state index is -0.636. The van der Waals surface area contributed by atoms with E-state index in [2.05, 4.69) is 24.5 Å². The lowest BCUT2D eigenvalue weighted by Crippen LogP contribution is -2.55. The molecular weight excluding hydrogens is 326 g/mol. The van der Waals surface area contributed by atoms with Crippen LogP contribution in [0.15, 0.2) is 11.4 Å². The molecule has 1 saturated carbocycles. The summed E-state index contributed by atoms with van der Waals surface area (Å²) in [5.74, 6) is 0.280. The van der Waals surface area contributed by atoms with E-state index in [4.69, 9.17) is 0 Å². The van der Waals surface area contributed by atoms with Gasteiger partial charge < -0.3 is 15.7 Å². The molecule has 132 valence electrons. The lowest BCUT2D eigenvalue weighted by molar-refractivity contribution is -0.125. The van der Waals surface area contributed by atoms with Gasteiger partial charge in [0.25, 0.3) is 5.91 Å². The summed E-state index contributed by atoms with van der Waals surface area (Å²) in [7, 11) is 0. The van der Waals surface area contributed by atoms with Gasteiger partial charge in [0.2, 0.25) is 5.91 Å². The first kappa shape index (κ1) is 17.4. The molecule has 2 fully saturated rings.